The van der Waals surface area contributed by atoms with Gasteiger partial charge in [0.25, 0.3) is 1.43 Å². The predicted octanol–water partition coefficient (Wildman–Crippen LogP) is -0.970. The Morgan fingerprint density at radius 1 is 2.40 bits per heavy atom. The van der Waals surface area contributed by atoms with Gasteiger partial charge in [-0.15, -0.1) is 0 Å². The van der Waals surface area contributed by atoms with Crippen molar-refractivity contribution in [1.82, 2.24) is 0 Å². The maximum atomic E-state index is 9.65. The molecule has 0 fully saturated rings. The molecule has 3 heteroatoms. The zero-order valence-corrected chi connectivity index (χ0v) is 2.60. The van der Waals surface area contributed by atoms with E-state index in [1.54, 1.807) is 0 Å². The van der Waals surface area contributed by atoms with Gasteiger partial charge in [0, 0.05) is 0 Å². The molecule has 3 N–H and O–H groups in total. The van der Waals surface area contributed by atoms with Crippen molar-refractivity contribution in [2.75, 3.05) is 6.54 Å². The molecule has 0 aromatic heterocycles. The second kappa shape index (κ2) is 1.72. The molecule has 0 unspecified atom stereocenters. The zero-order chi connectivity index (χ0) is 4.99. The highest BCUT2D eigenvalue weighted by atomic mass is 16.4. The highest BCUT2D eigenvalue weighted by molar-refractivity contribution is 5.68. The Kier molecular flexibility index (Phi) is 0.914. The minimum Gasteiger partial charge on any atom is -0.480 e. The number of nitrogens with two attached hydrogens (primary N) is 1. The van der Waals surface area contributed by atoms with Gasteiger partial charge in [0.1, 0.15) is 0 Å². The van der Waals surface area contributed by atoms with E-state index < -0.39 is 5.97 Å². The summed E-state index contributed by atoms with van der Waals surface area (Å²) in [4.78, 5) is 9.65. The van der Waals surface area contributed by atoms with E-state index in [1.807, 2.05) is 0 Å². The molecule has 0 rings (SSSR count). The first kappa shape index (κ1) is 2.66. The number of hydrogen-bond acceptors (Lipinski definition) is 3. The molecule has 0 aliphatic rings. The minimum absolute atomic E-state index is 0.219. The molecule has 0 aliphatic carbocycles. The van der Waals surface area contributed by atoms with Gasteiger partial charge in [-0.3, -0.25) is 4.79 Å². The van der Waals surface area contributed by atoms with Crippen LogP contribution in [0.2, 0.25) is 0 Å². The Morgan fingerprint density at radius 3 is 3.00 bits per heavy atom. The van der Waals surface area contributed by atoms with Gasteiger partial charge in [0.2, 0.25) is 0 Å². The molecule has 0 aromatic rings. The monoisotopic (exact) mass is 76.0 g/mol. The highest BCUT2D eigenvalue weighted by Crippen LogP contribution is 1.43. The Balaban J connectivity index is 2.99. The largest absolute Gasteiger partial charge is 0.480 e. The standard InChI is InChI=1S/C2H5NO2/c3-1-2(4)5/h1,3H2,(H,4,5)/i/hD. The third-order valence-corrected chi connectivity index (χ3v) is 0.167. The molecular formula is C2H5NO2. The number of carboxylic acid groups (broad SMARTS) is 1. The Labute approximate surface area is 30.9 Å². The predicted molar refractivity (Wildman–Crippen MR) is 16.7 cm³/mol. The van der Waals surface area contributed by atoms with Crippen molar-refractivity contribution in [2.24, 2.45) is 5.73 Å². The third-order valence-electron chi connectivity index (χ3n) is 0.167. The Morgan fingerprint density at radius 2 is 3.00 bits per heavy atom. The van der Waals surface area contributed by atoms with E-state index in [0.29, 0.717) is 0 Å². The number of rotatable bonds is 1. The van der Waals surface area contributed by atoms with Gasteiger partial charge < -0.3 is 10.8 Å². The van der Waals surface area contributed by atoms with Crippen LogP contribution in [0.15, 0.2) is 0 Å². The Hall–Kier alpha value is -0.570. The fourth-order valence-corrected chi connectivity index (χ4v) is 0. The molecule has 0 aliphatic heterocycles. The van der Waals surface area contributed by atoms with E-state index in [1.165, 1.54) is 0 Å². The molecule has 5 heavy (non-hydrogen) atoms. The van der Waals surface area contributed by atoms with Crippen LogP contribution >= 0.6 is 0 Å². The van der Waals surface area contributed by atoms with Crippen molar-refractivity contribution < 1.29 is 9.90 Å². The zero-order valence-electron chi connectivity index (χ0n) is 3.60. The Bertz CT molecular complexity index is 49.5. The summed E-state index contributed by atoms with van der Waals surface area (Å²) in [6, 6.07) is 0. The molecule has 30 valence electrons. The van der Waals surface area contributed by atoms with Gasteiger partial charge in [0.05, 0.1) is 6.54 Å². The second-order valence-corrected chi connectivity index (χ2v) is 0.576. The van der Waals surface area contributed by atoms with Crippen molar-refractivity contribution in [3.8, 4) is 0 Å². The van der Waals surface area contributed by atoms with Crippen molar-refractivity contribution >= 4 is 5.97 Å². The molecule has 0 radical (unpaired) electrons. The lowest BCUT2D eigenvalue weighted by atomic mass is 10.7. The topological polar surface area (TPSA) is 63.3 Å². The molecule has 0 saturated carbocycles. The molecule has 0 atom stereocenters. The highest BCUT2D eigenvalue weighted by Gasteiger charge is 1.81. The summed E-state index contributed by atoms with van der Waals surface area (Å²) in [6.07, 6.45) is 0. The van der Waals surface area contributed by atoms with Crippen LogP contribution in [0.1, 0.15) is 0 Å². The molecule has 0 amide bonds. The van der Waals surface area contributed by atoms with Crippen LogP contribution in [0.3, 0.4) is 0 Å². The van der Waals surface area contributed by atoms with Crippen LogP contribution in [0.4, 0.5) is 0 Å². The lowest BCUT2D eigenvalue weighted by Crippen LogP contribution is -2.10. The molecular weight excluding hydrogens is 70.0 g/mol. The van der Waals surface area contributed by atoms with E-state index in [0.717, 1.165) is 0 Å². The van der Waals surface area contributed by atoms with Crippen molar-refractivity contribution in [3.63, 3.8) is 0 Å². The molecule has 0 spiro atoms. The fraction of sp³-hybridized carbons (Fsp3) is 0.500. The fourth-order valence-electron chi connectivity index (χ4n) is 0. The minimum atomic E-state index is -0.713. The quantitative estimate of drug-likeness (QED) is 0.422. The van der Waals surface area contributed by atoms with Gasteiger partial charge in [-0.25, -0.2) is 0 Å². The number of carboxylic acids is 1. The van der Waals surface area contributed by atoms with Gasteiger partial charge in [-0.1, -0.05) is 0 Å². The van der Waals surface area contributed by atoms with Gasteiger partial charge >= 0.3 is 5.97 Å². The van der Waals surface area contributed by atoms with E-state index in [4.69, 9.17) is 1.43 Å². The average molecular weight is 76.1 g/mol. The summed E-state index contributed by atoms with van der Waals surface area (Å²) in [6.45, 7) is -0.219. The lowest BCUT2D eigenvalue weighted by molar-refractivity contribution is -0.135. The van der Waals surface area contributed by atoms with Crippen molar-refractivity contribution in [2.45, 2.75) is 0 Å². The van der Waals surface area contributed by atoms with E-state index in [2.05, 4.69) is 10.8 Å². The first-order valence-corrected chi connectivity index (χ1v) is 1.17. The summed E-state index contributed by atoms with van der Waals surface area (Å²) < 4.78 is 5.88. The number of aliphatic carboxylic acids is 1. The molecule has 0 heterocycles. The molecule has 0 saturated heterocycles. The van der Waals surface area contributed by atoms with Crippen LogP contribution in [0.5, 0.6) is 0 Å². The van der Waals surface area contributed by atoms with Crippen molar-refractivity contribution in [3.05, 3.63) is 0 Å². The van der Waals surface area contributed by atoms with Crippen LogP contribution in [0.25, 0.3) is 1.43 Å². The van der Waals surface area contributed by atoms with Crippen molar-refractivity contribution in [1.29, 1.82) is 1.43 Å². The first-order chi connectivity index (χ1) is 2.81. The third kappa shape index (κ3) is 3.43. The average Bonchev–Trinajstić information content (AvgIpc) is 1.65. The lowest BCUT2D eigenvalue weighted by Gasteiger charge is -1.73. The number of hydrogen-bond donors (Lipinski definition) is 2. The number of carbonyl (C=O) groups is 1. The molecule has 0 bridgehead atoms. The van der Waals surface area contributed by atoms with Crippen LogP contribution < -0.4 is 5.73 Å². The summed E-state index contributed by atoms with van der Waals surface area (Å²) in [5.41, 5.74) is 4.69. The van der Waals surface area contributed by atoms with Gasteiger partial charge in [0.15, 0.2) is 0 Å². The summed E-state index contributed by atoms with van der Waals surface area (Å²) >= 11 is 0. The summed E-state index contributed by atoms with van der Waals surface area (Å²) in [7, 11) is 0. The van der Waals surface area contributed by atoms with Gasteiger partial charge in [-0.2, -0.15) is 0 Å². The normalized spacial score (nSPS) is 9.40. The van der Waals surface area contributed by atoms with Gasteiger partial charge in [-0.05, 0) is 0 Å². The maximum Gasteiger partial charge on any atom is 0.317 e. The van der Waals surface area contributed by atoms with E-state index in [9.17, 15) is 4.79 Å². The summed E-state index contributed by atoms with van der Waals surface area (Å²) in [5.74, 6) is -0.713. The molecule has 0 aromatic carbocycles. The second-order valence-electron chi connectivity index (χ2n) is 0.576. The van der Waals surface area contributed by atoms with E-state index in [-0.39, 0.29) is 6.54 Å². The SMILES string of the molecule is [2H]OC(=O)CN. The molecule has 3 nitrogen and oxygen atoms in total. The summed E-state index contributed by atoms with van der Waals surface area (Å²) in [5, 5.41) is 3.39. The smallest absolute Gasteiger partial charge is 0.317 e. The van der Waals surface area contributed by atoms with Crippen LogP contribution in [-0.4, -0.2) is 17.6 Å². The first-order valence-electron chi connectivity index (χ1n) is 1.58. The van der Waals surface area contributed by atoms with Crippen LogP contribution in [0, 0.1) is 0 Å². The van der Waals surface area contributed by atoms with E-state index >= 15 is 0 Å². The maximum absolute atomic E-state index is 9.65. The van der Waals surface area contributed by atoms with Crippen LogP contribution in [-0.2, 0) is 4.79 Å².